The second kappa shape index (κ2) is 4.92. The number of hydrogen-bond donors (Lipinski definition) is 0. The number of aromatic nitrogens is 1. The van der Waals surface area contributed by atoms with E-state index in [-0.39, 0.29) is 5.82 Å². The summed E-state index contributed by atoms with van der Waals surface area (Å²) in [4.78, 5) is 13.5. The molecule has 1 heterocycles. The van der Waals surface area contributed by atoms with Crippen molar-refractivity contribution in [3.63, 3.8) is 0 Å². The van der Waals surface area contributed by atoms with Crippen molar-refractivity contribution in [3.05, 3.63) is 57.2 Å². The zero-order chi connectivity index (χ0) is 12.3. The maximum atomic E-state index is 10.4. The molecule has 0 saturated carbocycles. The normalized spacial score (nSPS) is 9.94. The number of nitro groups is 1. The van der Waals surface area contributed by atoms with Crippen LogP contribution in [0.1, 0.15) is 0 Å². The molecule has 6 heteroatoms. The summed E-state index contributed by atoms with van der Waals surface area (Å²) in [5, 5.41) is 10.4. The fourth-order valence-electron chi connectivity index (χ4n) is 1.20. The monoisotopic (exact) mass is 294 g/mol. The van der Waals surface area contributed by atoms with Crippen LogP contribution in [-0.4, -0.2) is 9.91 Å². The Balaban J connectivity index is 2.20. The van der Waals surface area contributed by atoms with E-state index in [1.54, 1.807) is 6.07 Å². The fraction of sp³-hybridized carbons (Fsp3) is 0. The summed E-state index contributed by atoms with van der Waals surface area (Å²) in [5.74, 6) is 0.870. The molecule has 0 N–H and O–H groups in total. The molecule has 0 aliphatic carbocycles. The van der Waals surface area contributed by atoms with Gasteiger partial charge in [0.05, 0.1) is 4.47 Å². The molecule has 0 fully saturated rings. The lowest BCUT2D eigenvalue weighted by atomic mass is 10.3. The first kappa shape index (κ1) is 11.5. The number of nitrogens with zero attached hydrogens (tertiary/aromatic N) is 2. The van der Waals surface area contributed by atoms with Crippen molar-refractivity contribution in [2.45, 2.75) is 0 Å². The number of ether oxygens (including phenoxy) is 1. The molecule has 5 nitrogen and oxygen atoms in total. The third-order valence-electron chi connectivity index (χ3n) is 1.97. The minimum absolute atomic E-state index is 0.204. The Morgan fingerprint density at radius 1 is 1.24 bits per heavy atom. The van der Waals surface area contributed by atoms with Crippen LogP contribution < -0.4 is 4.74 Å². The van der Waals surface area contributed by atoms with Crippen molar-refractivity contribution < 1.29 is 9.66 Å². The largest absolute Gasteiger partial charge is 0.452 e. The van der Waals surface area contributed by atoms with Crippen LogP contribution in [0.4, 0.5) is 5.82 Å². The van der Waals surface area contributed by atoms with E-state index in [4.69, 9.17) is 4.74 Å². The predicted octanol–water partition coefficient (Wildman–Crippen LogP) is 3.54. The topological polar surface area (TPSA) is 65.3 Å². The Hall–Kier alpha value is -1.95. The van der Waals surface area contributed by atoms with E-state index in [0.717, 1.165) is 4.47 Å². The Kier molecular flexibility index (Phi) is 3.34. The Morgan fingerprint density at radius 3 is 2.59 bits per heavy atom. The highest BCUT2D eigenvalue weighted by molar-refractivity contribution is 9.10. The molecule has 0 radical (unpaired) electrons. The zero-order valence-corrected chi connectivity index (χ0v) is 10.1. The average molecular weight is 295 g/mol. The second-order valence-corrected chi connectivity index (χ2v) is 4.00. The highest BCUT2D eigenvalue weighted by Gasteiger charge is 2.08. The summed E-state index contributed by atoms with van der Waals surface area (Å²) in [7, 11) is 0. The van der Waals surface area contributed by atoms with E-state index in [2.05, 4.69) is 20.9 Å². The first-order valence-electron chi connectivity index (χ1n) is 4.69. The van der Waals surface area contributed by atoms with Crippen LogP contribution in [0.15, 0.2) is 47.1 Å². The van der Waals surface area contributed by atoms with Gasteiger partial charge in [-0.05, 0) is 44.0 Å². The molecule has 17 heavy (non-hydrogen) atoms. The Labute approximate surface area is 105 Å². The lowest BCUT2D eigenvalue weighted by Crippen LogP contribution is -1.92. The van der Waals surface area contributed by atoms with Gasteiger partial charge in [-0.1, -0.05) is 12.1 Å². The molecule has 0 aliphatic rings. The number of halogens is 1. The van der Waals surface area contributed by atoms with Gasteiger partial charge in [-0.2, -0.15) is 0 Å². The van der Waals surface area contributed by atoms with E-state index < -0.39 is 4.92 Å². The first-order valence-corrected chi connectivity index (χ1v) is 5.49. The predicted molar refractivity (Wildman–Crippen MR) is 65.1 cm³/mol. The fourth-order valence-corrected chi connectivity index (χ4v) is 1.56. The number of pyridine rings is 1. The van der Waals surface area contributed by atoms with Gasteiger partial charge in [0.1, 0.15) is 5.75 Å². The standard InChI is InChI=1S/C11H7BrN2O3/c12-9-3-1-2-4-10(9)17-8-5-6-11(13-7-8)14(15)16/h1-7H. The number of benzene rings is 1. The molecule has 86 valence electrons. The van der Waals surface area contributed by atoms with E-state index >= 15 is 0 Å². The van der Waals surface area contributed by atoms with Crippen LogP contribution in [0.25, 0.3) is 0 Å². The summed E-state index contributed by atoms with van der Waals surface area (Å²) in [6.07, 6.45) is 1.32. The van der Waals surface area contributed by atoms with Crippen LogP contribution in [0.2, 0.25) is 0 Å². The molecular weight excluding hydrogens is 288 g/mol. The highest BCUT2D eigenvalue weighted by Crippen LogP contribution is 2.29. The van der Waals surface area contributed by atoms with Crippen LogP contribution in [0, 0.1) is 10.1 Å². The molecule has 0 atom stereocenters. The molecule has 0 bridgehead atoms. The quantitative estimate of drug-likeness (QED) is 0.641. The van der Waals surface area contributed by atoms with Crippen molar-refractivity contribution in [1.29, 1.82) is 0 Å². The van der Waals surface area contributed by atoms with Gasteiger partial charge in [0, 0.05) is 6.07 Å². The molecule has 2 aromatic rings. The molecule has 0 aliphatic heterocycles. The molecule has 0 spiro atoms. The summed E-state index contributed by atoms with van der Waals surface area (Å²) in [6.45, 7) is 0. The maximum absolute atomic E-state index is 10.4. The van der Waals surface area contributed by atoms with E-state index in [1.165, 1.54) is 18.3 Å². The first-order chi connectivity index (χ1) is 8.16. The summed E-state index contributed by atoms with van der Waals surface area (Å²) >= 11 is 3.34. The van der Waals surface area contributed by atoms with Gasteiger partial charge < -0.3 is 14.9 Å². The van der Waals surface area contributed by atoms with Gasteiger partial charge >= 0.3 is 5.82 Å². The van der Waals surface area contributed by atoms with Crippen molar-refractivity contribution in [1.82, 2.24) is 4.98 Å². The Bertz CT molecular complexity index is 543. The van der Waals surface area contributed by atoms with Gasteiger partial charge in [0.25, 0.3) is 0 Å². The van der Waals surface area contributed by atoms with Gasteiger partial charge in [-0.3, -0.25) is 0 Å². The minimum atomic E-state index is -0.553. The Morgan fingerprint density at radius 2 is 2.00 bits per heavy atom. The van der Waals surface area contributed by atoms with Crippen LogP contribution >= 0.6 is 15.9 Å². The van der Waals surface area contributed by atoms with E-state index in [1.807, 2.05) is 18.2 Å². The molecule has 0 saturated heterocycles. The number of hydrogen-bond acceptors (Lipinski definition) is 4. The van der Waals surface area contributed by atoms with Gasteiger partial charge in [0.2, 0.25) is 0 Å². The van der Waals surface area contributed by atoms with Gasteiger partial charge in [-0.25, -0.2) is 0 Å². The van der Waals surface area contributed by atoms with Crippen LogP contribution in [-0.2, 0) is 0 Å². The molecule has 2 rings (SSSR count). The van der Waals surface area contributed by atoms with Gasteiger partial charge in [0.15, 0.2) is 11.9 Å². The molecule has 0 amide bonds. The lowest BCUT2D eigenvalue weighted by Gasteiger charge is -2.05. The van der Waals surface area contributed by atoms with Crippen molar-refractivity contribution in [3.8, 4) is 11.5 Å². The summed E-state index contributed by atoms with van der Waals surface area (Å²) in [6, 6.07) is 10.1. The zero-order valence-electron chi connectivity index (χ0n) is 8.54. The smallest absolute Gasteiger partial charge is 0.363 e. The molecule has 1 aromatic carbocycles. The van der Waals surface area contributed by atoms with Crippen LogP contribution in [0.5, 0.6) is 11.5 Å². The van der Waals surface area contributed by atoms with Crippen molar-refractivity contribution in [2.24, 2.45) is 0 Å². The van der Waals surface area contributed by atoms with Crippen molar-refractivity contribution >= 4 is 21.7 Å². The summed E-state index contributed by atoms with van der Waals surface area (Å²) in [5.41, 5.74) is 0. The molecule has 0 unspecified atom stereocenters. The molecule has 1 aromatic heterocycles. The summed E-state index contributed by atoms with van der Waals surface area (Å²) < 4.78 is 6.32. The van der Waals surface area contributed by atoms with E-state index in [9.17, 15) is 10.1 Å². The van der Waals surface area contributed by atoms with Gasteiger partial charge in [-0.15, -0.1) is 0 Å². The second-order valence-electron chi connectivity index (χ2n) is 3.14. The van der Waals surface area contributed by atoms with Crippen molar-refractivity contribution in [2.75, 3.05) is 0 Å². The molecular formula is C11H7BrN2O3. The third-order valence-corrected chi connectivity index (χ3v) is 2.63. The van der Waals surface area contributed by atoms with Crippen LogP contribution in [0.3, 0.4) is 0 Å². The lowest BCUT2D eigenvalue weighted by molar-refractivity contribution is -0.389. The SMILES string of the molecule is O=[N+]([O-])c1ccc(Oc2ccccc2Br)cn1. The number of rotatable bonds is 3. The number of para-hydroxylation sites is 1. The minimum Gasteiger partial charge on any atom is -0.452 e. The maximum Gasteiger partial charge on any atom is 0.363 e. The van der Waals surface area contributed by atoms with E-state index in [0.29, 0.717) is 11.5 Å². The highest BCUT2D eigenvalue weighted by atomic mass is 79.9. The average Bonchev–Trinajstić information content (AvgIpc) is 2.33. The third kappa shape index (κ3) is 2.79.